The van der Waals surface area contributed by atoms with Gasteiger partial charge in [0, 0.05) is 16.0 Å². The molecule has 0 radical (unpaired) electrons. The maximum Gasteiger partial charge on any atom is 0.352 e. The SMILES string of the molecule is CO/N=C(\C(=O)N[C@H](C(=O)O)[C@@H]1NC(C(=O)O)=C(/C=C/c2scnc2C)CS1)c1csc(N)n1. The first-order valence-corrected chi connectivity index (χ1v) is 12.3. The molecule has 1 amide bonds. The molecule has 180 valence electrons. The zero-order valence-electron chi connectivity index (χ0n) is 17.8. The Labute approximate surface area is 205 Å². The average Bonchev–Trinajstić information content (AvgIpc) is 3.41. The van der Waals surface area contributed by atoms with Crippen molar-refractivity contribution in [3.8, 4) is 0 Å². The Morgan fingerprint density at radius 3 is 2.68 bits per heavy atom. The number of nitrogens with zero attached hydrogens (tertiary/aromatic N) is 3. The van der Waals surface area contributed by atoms with Gasteiger partial charge in [-0.15, -0.1) is 34.4 Å². The van der Waals surface area contributed by atoms with Crippen LogP contribution in [0.3, 0.4) is 0 Å². The standard InChI is InChI=1S/C19H20N6O6S3/c1-8-11(34-7-21-8)4-3-9-5-32-16(24-12(9)17(27)28)14(18(29)30)23-15(26)13(25-31-2)10-6-33-19(20)22-10/h3-4,6-7,14,16,24H,5H2,1-2H3,(H2,20,22)(H,23,26)(H,27,28)(H,29,30)/b4-3+,25-13-/t14-,16+/m0/s1. The molecular weight excluding hydrogens is 504 g/mol. The van der Waals surface area contributed by atoms with Gasteiger partial charge in [0.2, 0.25) is 0 Å². The van der Waals surface area contributed by atoms with Gasteiger partial charge in [-0.25, -0.2) is 19.6 Å². The number of anilines is 1. The number of thiazole rings is 2. The molecule has 0 unspecified atom stereocenters. The van der Waals surface area contributed by atoms with Gasteiger partial charge in [0.1, 0.15) is 23.9 Å². The van der Waals surface area contributed by atoms with Crippen LogP contribution in [-0.4, -0.2) is 68.0 Å². The average molecular weight is 525 g/mol. The molecule has 2 aromatic heterocycles. The Morgan fingerprint density at radius 1 is 1.35 bits per heavy atom. The molecule has 0 aromatic carbocycles. The number of carboxylic acid groups (broad SMARTS) is 2. The first kappa shape index (κ1) is 25.2. The number of allylic oxidation sites excluding steroid dienone is 1. The van der Waals surface area contributed by atoms with Gasteiger partial charge >= 0.3 is 11.9 Å². The number of carbonyl (C=O) groups is 3. The summed E-state index contributed by atoms with van der Waals surface area (Å²) in [5.41, 5.74) is 8.28. The van der Waals surface area contributed by atoms with E-state index in [1.807, 2.05) is 6.92 Å². The second kappa shape index (κ2) is 11.1. The summed E-state index contributed by atoms with van der Waals surface area (Å²) in [5, 5.41) is 28.9. The highest BCUT2D eigenvalue weighted by atomic mass is 32.2. The summed E-state index contributed by atoms with van der Waals surface area (Å²) in [6.45, 7) is 1.84. The molecule has 15 heteroatoms. The summed E-state index contributed by atoms with van der Waals surface area (Å²) < 4.78 is 0. The summed E-state index contributed by atoms with van der Waals surface area (Å²) in [7, 11) is 1.23. The van der Waals surface area contributed by atoms with E-state index in [0.29, 0.717) is 5.57 Å². The molecule has 1 aliphatic rings. The predicted octanol–water partition coefficient (Wildman–Crippen LogP) is 1.12. The number of nitrogen functional groups attached to an aromatic ring is 1. The van der Waals surface area contributed by atoms with Crippen LogP contribution < -0.4 is 16.4 Å². The Kier molecular flexibility index (Phi) is 8.25. The Balaban J connectivity index is 1.81. The van der Waals surface area contributed by atoms with Crippen LogP contribution in [0, 0.1) is 6.92 Å². The number of aromatic nitrogens is 2. The monoisotopic (exact) mass is 524 g/mol. The molecule has 0 saturated carbocycles. The molecule has 0 spiro atoms. The molecule has 0 fully saturated rings. The maximum atomic E-state index is 12.8. The van der Waals surface area contributed by atoms with E-state index in [-0.39, 0.29) is 28.0 Å². The number of thioether (sulfide) groups is 1. The second-order valence-corrected chi connectivity index (χ2v) is 9.61. The van der Waals surface area contributed by atoms with E-state index in [9.17, 15) is 24.6 Å². The number of nitrogens with two attached hydrogens (primary N) is 1. The van der Waals surface area contributed by atoms with Crippen molar-refractivity contribution in [3.05, 3.63) is 44.5 Å². The summed E-state index contributed by atoms with van der Waals surface area (Å²) in [4.78, 5) is 50.3. The summed E-state index contributed by atoms with van der Waals surface area (Å²) in [5.74, 6) is -3.28. The molecule has 0 saturated heterocycles. The molecule has 3 rings (SSSR count). The molecule has 12 nitrogen and oxygen atoms in total. The quantitative estimate of drug-likeness (QED) is 0.233. The van der Waals surface area contributed by atoms with Gasteiger partial charge in [-0.05, 0) is 18.6 Å². The largest absolute Gasteiger partial charge is 0.480 e. The van der Waals surface area contributed by atoms with Crippen molar-refractivity contribution >= 4 is 69.2 Å². The van der Waals surface area contributed by atoms with Crippen LogP contribution in [0.2, 0.25) is 0 Å². The number of hydrogen-bond acceptors (Lipinski definition) is 12. The van der Waals surface area contributed by atoms with E-state index >= 15 is 0 Å². The summed E-state index contributed by atoms with van der Waals surface area (Å²) in [6.07, 6.45) is 3.42. The van der Waals surface area contributed by atoms with Crippen LogP contribution in [0.5, 0.6) is 0 Å². The minimum Gasteiger partial charge on any atom is -0.480 e. The van der Waals surface area contributed by atoms with Crippen LogP contribution in [-0.2, 0) is 19.2 Å². The first-order chi connectivity index (χ1) is 16.2. The van der Waals surface area contributed by atoms with Gasteiger partial charge in [0.05, 0.1) is 11.2 Å². The highest BCUT2D eigenvalue weighted by Gasteiger charge is 2.36. The lowest BCUT2D eigenvalue weighted by Crippen LogP contribution is -2.55. The van der Waals surface area contributed by atoms with E-state index in [4.69, 9.17) is 10.6 Å². The lowest BCUT2D eigenvalue weighted by Gasteiger charge is -2.30. The van der Waals surface area contributed by atoms with Crippen molar-refractivity contribution in [1.29, 1.82) is 0 Å². The van der Waals surface area contributed by atoms with Crippen molar-refractivity contribution < 1.29 is 29.4 Å². The molecule has 2 atom stereocenters. The smallest absolute Gasteiger partial charge is 0.352 e. The molecule has 2 aromatic rings. The topological polar surface area (TPSA) is 189 Å². The number of nitrogens with one attached hydrogen (secondary N) is 2. The van der Waals surface area contributed by atoms with E-state index in [1.54, 1.807) is 17.7 Å². The summed E-state index contributed by atoms with van der Waals surface area (Å²) >= 11 is 3.63. The van der Waals surface area contributed by atoms with Gasteiger partial charge in [0.15, 0.2) is 16.9 Å². The number of carboxylic acids is 2. The molecule has 0 aliphatic carbocycles. The van der Waals surface area contributed by atoms with Crippen molar-refractivity contribution in [1.82, 2.24) is 20.6 Å². The minimum absolute atomic E-state index is 0.118. The van der Waals surface area contributed by atoms with E-state index < -0.39 is 29.3 Å². The summed E-state index contributed by atoms with van der Waals surface area (Å²) in [6, 6.07) is -1.49. The molecule has 6 N–H and O–H groups in total. The fourth-order valence-electron chi connectivity index (χ4n) is 2.85. The Morgan fingerprint density at radius 2 is 2.12 bits per heavy atom. The lowest BCUT2D eigenvalue weighted by atomic mass is 10.1. The molecule has 3 heterocycles. The maximum absolute atomic E-state index is 12.8. The van der Waals surface area contributed by atoms with E-state index in [2.05, 4.69) is 25.8 Å². The first-order valence-electron chi connectivity index (χ1n) is 9.50. The second-order valence-electron chi connectivity index (χ2n) is 6.70. The van der Waals surface area contributed by atoms with Gasteiger partial charge in [-0.2, -0.15) is 0 Å². The normalized spacial score (nSPS) is 17.4. The lowest BCUT2D eigenvalue weighted by molar-refractivity contribution is -0.141. The fraction of sp³-hybridized carbons (Fsp3) is 0.263. The number of aryl methyl sites for hydroxylation is 1. The third-order valence-electron chi connectivity index (χ3n) is 4.48. The Bertz CT molecular complexity index is 1190. The molecule has 34 heavy (non-hydrogen) atoms. The number of amides is 1. The van der Waals surface area contributed by atoms with Crippen LogP contribution in [0.25, 0.3) is 6.08 Å². The van der Waals surface area contributed by atoms with Crippen LogP contribution in [0.4, 0.5) is 5.13 Å². The van der Waals surface area contributed by atoms with Crippen molar-refractivity contribution in [2.24, 2.45) is 5.16 Å². The molecular formula is C19H20N6O6S3. The van der Waals surface area contributed by atoms with E-state index in [1.165, 1.54) is 23.8 Å². The fourth-order valence-corrected chi connectivity index (χ4v) is 5.27. The third-order valence-corrected chi connectivity index (χ3v) is 7.27. The number of hydrogen-bond donors (Lipinski definition) is 5. The van der Waals surface area contributed by atoms with Gasteiger partial charge in [0.25, 0.3) is 5.91 Å². The van der Waals surface area contributed by atoms with Gasteiger partial charge in [-0.3, -0.25) is 4.79 Å². The third kappa shape index (κ3) is 5.92. The van der Waals surface area contributed by atoms with Crippen molar-refractivity contribution in [2.45, 2.75) is 18.3 Å². The van der Waals surface area contributed by atoms with Crippen LogP contribution in [0.1, 0.15) is 16.3 Å². The van der Waals surface area contributed by atoms with Crippen molar-refractivity contribution in [3.63, 3.8) is 0 Å². The van der Waals surface area contributed by atoms with Crippen LogP contribution >= 0.6 is 34.4 Å². The van der Waals surface area contributed by atoms with E-state index in [0.717, 1.165) is 33.7 Å². The predicted molar refractivity (Wildman–Crippen MR) is 130 cm³/mol. The number of carbonyl (C=O) groups excluding carboxylic acids is 1. The molecule has 1 aliphatic heterocycles. The number of aliphatic carboxylic acids is 2. The van der Waals surface area contributed by atoms with Crippen molar-refractivity contribution in [2.75, 3.05) is 18.6 Å². The van der Waals surface area contributed by atoms with Gasteiger partial charge in [-0.1, -0.05) is 11.2 Å². The van der Waals surface area contributed by atoms with Gasteiger partial charge < -0.3 is 31.4 Å². The zero-order chi connectivity index (χ0) is 24.8. The minimum atomic E-state index is -1.49. The highest BCUT2D eigenvalue weighted by Crippen LogP contribution is 2.27. The number of rotatable bonds is 9. The van der Waals surface area contributed by atoms with Crippen LogP contribution in [0.15, 0.2) is 33.4 Å². The zero-order valence-corrected chi connectivity index (χ0v) is 20.3. The number of oxime groups is 1. The molecule has 0 bridgehead atoms. The Hall–Kier alpha value is -3.43. The highest BCUT2D eigenvalue weighted by molar-refractivity contribution is 8.00.